The van der Waals surface area contributed by atoms with Crippen molar-refractivity contribution in [3.63, 3.8) is 0 Å². The molecule has 0 bridgehead atoms. The fraction of sp³-hybridized carbons (Fsp3) is 0.357. The first-order chi connectivity index (χ1) is 17.7. The molecule has 37 heavy (non-hydrogen) atoms. The number of carbonyl (C=O) groups is 1. The normalized spacial score (nSPS) is 13.6. The van der Waals surface area contributed by atoms with Gasteiger partial charge < -0.3 is 14.6 Å². The first-order valence-electron chi connectivity index (χ1n) is 12.6. The summed E-state index contributed by atoms with van der Waals surface area (Å²) < 4.78 is 8.45. The number of nitrogens with one attached hydrogen (secondary N) is 1. The van der Waals surface area contributed by atoms with Crippen molar-refractivity contribution < 1.29 is 19.5 Å². The summed E-state index contributed by atoms with van der Waals surface area (Å²) in [6.07, 6.45) is 11.2. The number of amides is 1. The maximum absolute atomic E-state index is 13.4. The molecule has 0 unspecified atom stereocenters. The van der Waals surface area contributed by atoms with Crippen molar-refractivity contribution in [1.82, 2.24) is 9.55 Å². The SMILES string of the molecule is C[Si](C)(C)CCOCn1cc(C#N)nc1C(=O)Nc1ccc(-c2ccc[n+](O)c2)cc1C1=CCCCC1. The highest BCUT2D eigenvalue weighted by atomic mass is 28.3. The molecule has 1 amide bonds. The minimum atomic E-state index is -1.24. The molecular weight excluding hydrogens is 482 g/mol. The van der Waals surface area contributed by atoms with E-state index in [4.69, 9.17) is 4.74 Å². The van der Waals surface area contributed by atoms with Crippen LogP contribution in [0.5, 0.6) is 0 Å². The smallest absolute Gasteiger partial charge is 0.291 e. The fourth-order valence-corrected chi connectivity index (χ4v) is 5.04. The Bertz CT molecular complexity index is 1350. The number of benzene rings is 1. The lowest BCUT2D eigenvalue weighted by Crippen LogP contribution is -2.28. The highest BCUT2D eigenvalue weighted by Crippen LogP contribution is 2.35. The van der Waals surface area contributed by atoms with Crippen LogP contribution in [0, 0.1) is 11.3 Å². The molecule has 0 atom stereocenters. The van der Waals surface area contributed by atoms with E-state index in [0.29, 0.717) is 12.3 Å². The molecule has 1 aliphatic rings. The molecule has 0 radical (unpaired) electrons. The average molecular weight is 517 g/mol. The monoisotopic (exact) mass is 516 g/mol. The summed E-state index contributed by atoms with van der Waals surface area (Å²) in [5.74, 6) is -0.254. The largest absolute Gasteiger partial charge is 0.361 e. The van der Waals surface area contributed by atoms with Crippen LogP contribution >= 0.6 is 0 Å². The second-order valence-electron chi connectivity index (χ2n) is 10.5. The van der Waals surface area contributed by atoms with Gasteiger partial charge in [-0.2, -0.15) is 5.26 Å². The van der Waals surface area contributed by atoms with E-state index in [2.05, 4.69) is 42.1 Å². The van der Waals surface area contributed by atoms with Gasteiger partial charge in [0.25, 0.3) is 5.91 Å². The summed E-state index contributed by atoms with van der Waals surface area (Å²) in [4.78, 5) is 17.6. The van der Waals surface area contributed by atoms with E-state index in [1.165, 1.54) is 5.57 Å². The van der Waals surface area contributed by atoms with E-state index in [0.717, 1.165) is 53.1 Å². The molecule has 3 aromatic rings. The topological polar surface area (TPSA) is 104 Å². The standard InChI is InChI=1S/C28H33N5O3Si/c1-37(2,3)15-14-36-20-32-19-24(17-29)30-27(32)28(34)31-26-12-11-22(23-10-7-13-33(35)18-23)16-25(26)21-8-5-4-6-9-21/h7-8,10-13,16,18-19H,4-6,9,14-15,20H2,1-3H3,(H-,31,34,35)/p+1. The predicted octanol–water partition coefficient (Wildman–Crippen LogP) is 5.47. The molecule has 8 nitrogen and oxygen atoms in total. The molecule has 2 aromatic heterocycles. The van der Waals surface area contributed by atoms with Gasteiger partial charge in [0.05, 0.1) is 5.56 Å². The fourth-order valence-electron chi connectivity index (χ4n) is 4.28. The lowest BCUT2D eigenvalue weighted by molar-refractivity contribution is -0.904. The van der Waals surface area contributed by atoms with Gasteiger partial charge in [0, 0.05) is 42.9 Å². The maximum Gasteiger partial charge on any atom is 0.291 e. The molecule has 4 rings (SSSR count). The molecule has 1 aromatic carbocycles. The van der Waals surface area contributed by atoms with Crippen LogP contribution in [-0.4, -0.2) is 35.3 Å². The van der Waals surface area contributed by atoms with Gasteiger partial charge in [-0.25, -0.2) is 4.98 Å². The minimum Gasteiger partial charge on any atom is -0.361 e. The molecule has 0 aliphatic heterocycles. The van der Waals surface area contributed by atoms with Gasteiger partial charge in [-0.1, -0.05) is 31.8 Å². The third kappa shape index (κ3) is 6.93. The second-order valence-corrected chi connectivity index (χ2v) is 16.2. The summed E-state index contributed by atoms with van der Waals surface area (Å²) in [7, 11) is -1.24. The molecule has 0 saturated heterocycles. The van der Waals surface area contributed by atoms with Crippen LogP contribution in [0.1, 0.15) is 47.6 Å². The Morgan fingerprint density at radius 1 is 1.27 bits per heavy atom. The Kier molecular flexibility index (Phi) is 8.21. The number of nitrogens with zero attached hydrogens (tertiary/aromatic N) is 4. The van der Waals surface area contributed by atoms with E-state index in [1.54, 1.807) is 29.2 Å². The number of carbonyl (C=O) groups excluding carboxylic acids is 1. The summed E-state index contributed by atoms with van der Waals surface area (Å²) >= 11 is 0. The van der Waals surface area contributed by atoms with E-state index in [9.17, 15) is 15.3 Å². The quantitative estimate of drug-likeness (QED) is 0.170. The highest BCUT2D eigenvalue weighted by molar-refractivity contribution is 6.76. The zero-order valence-electron chi connectivity index (χ0n) is 21.7. The Morgan fingerprint density at radius 3 is 2.81 bits per heavy atom. The zero-order chi connectivity index (χ0) is 26.4. The van der Waals surface area contributed by atoms with Gasteiger partial charge in [-0.15, -0.1) is 0 Å². The number of pyridine rings is 1. The van der Waals surface area contributed by atoms with Crippen molar-refractivity contribution >= 4 is 25.2 Å². The van der Waals surface area contributed by atoms with E-state index >= 15 is 0 Å². The van der Waals surface area contributed by atoms with Gasteiger partial charge in [0.1, 0.15) is 12.8 Å². The number of hydrogen-bond donors (Lipinski definition) is 2. The third-order valence-electron chi connectivity index (χ3n) is 6.34. The van der Waals surface area contributed by atoms with Gasteiger partial charge >= 0.3 is 0 Å². The van der Waals surface area contributed by atoms with Crippen LogP contribution in [0.4, 0.5) is 5.69 Å². The Balaban J connectivity index is 1.61. The van der Waals surface area contributed by atoms with Crippen LogP contribution in [-0.2, 0) is 11.5 Å². The molecular formula is C28H34N5O3Si+. The number of aromatic nitrogens is 3. The molecule has 1 aliphatic carbocycles. The lowest BCUT2D eigenvalue weighted by Gasteiger charge is -2.19. The van der Waals surface area contributed by atoms with Crippen LogP contribution in [0.3, 0.4) is 0 Å². The van der Waals surface area contributed by atoms with Crippen molar-refractivity contribution in [3.8, 4) is 17.2 Å². The number of anilines is 1. The van der Waals surface area contributed by atoms with Gasteiger partial charge in [0.2, 0.25) is 18.2 Å². The van der Waals surface area contributed by atoms with Crippen molar-refractivity contribution in [2.45, 2.75) is 58.1 Å². The zero-order valence-corrected chi connectivity index (χ0v) is 22.7. The highest BCUT2D eigenvalue weighted by Gasteiger charge is 2.20. The molecule has 0 spiro atoms. The summed E-state index contributed by atoms with van der Waals surface area (Å²) in [5, 5.41) is 22.3. The van der Waals surface area contributed by atoms with Crippen LogP contribution in [0.2, 0.25) is 25.7 Å². The molecule has 9 heteroatoms. The minimum absolute atomic E-state index is 0.140. The number of allylic oxidation sites excluding steroid dienone is 2. The lowest BCUT2D eigenvalue weighted by atomic mass is 9.90. The molecule has 192 valence electrons. The van der Waals surface area contributed by atoms with Crippen molar-refractivity contribution in [1.29, 1.82) is 5.26 Å². The van der Waals surface area contributed by atoms with Gasteiger partial charge in [0.15, 0.2) is 5.69 Å². The van der Waals surface area contributed by atoms with Crippen molar-refractivity contribution in [2.24, 2.45) is 0 Å². The van der Waals surface area contributed by atoms with E-state index < -0.39 is 14.0 Å². The summed E-state index contributed by atoms with van der Waals surface area (Å²) in [6, 6.07) is 12.6. The van der Waals surface area contributed by atoms with Crippen molar-refractivity contribution in [3.05, 3.63) is 72.1 Å². The van der Waals surface area contributed by atoms with Crippen molar-refractivity contribution in [2.75, 3.05) is 11.9 Å². The van der Waals surface area contributed by atoms with Crippen LogP contribution in [0.25, 0.3) is 16.7 Å². The Morgan fingerprint density at radius 2 is 2.11 bits per heavy atom. The van der Waals surface area contributed by atoms with Crippen LogP contribution in [0.15, 0.2) is 55.0 Å². The van der Waals surface area contributed by atoms with Gasteiger partial charge in [-0.3, -0.25) is 10.0 Å². The predicted molar refractivity (Wildman–Crippen MR) is 145 cm³/mol. The number of imidazole rings is 1. The average Bonchev–Trinajstić information content (AvgIpc) is 3.30. The van der Waals surface area contributed by atoms with Crippen LogP contribution < -0.4 is 10.0 Å². The molecule has 2 N–H and O–H groups in total. The first kappa shape index (κ1) is 26.3. The molecule has 0 fully saturated rings. The Labute approximate surface area is 218 Å². The number of rotatable bonds is 9. The maximum atomic E-state index is 13.4. The van der Waals surface area contributed by atoms with E-state index in [1.807, 2.05) is 24.3 Å². The Hall–Kier alpha value is -3.74. The third-order valence-corrected chi connectivity index (χ3v) is 8.05. The second kappa shape index (κ2) is 11.5. The number of ether oxygens (including phenoxy) is 1. The summed E-state index contributed by atoms with van der Waals surface area (Å²) in [5.41, 5.74) is 4.79. The summed E-state index contributed by atoms with van der Waals surface area (Å²) in [6.45, 7) is 7.61. The number of hydrogen-bond acceptors (Lipinski definition) is 5. The number of nitriles is 1. The molecule has 2 heterocycles. The first-order valence-corrected chi connectivity index (χ1v) is 16.3. The van der Waals surface area contributed by atoms with Gasteiger partial charge in [-0.05, 0) is 61.1 Å². The van der Waals surface area contributed by atoms with E-state index in [-0.39, 0.29) is 18.2 Å². The molecule has 0 saturated carbocycles.